The van der Waals surface area contributed by atoms with Crippen LogP contribution in [0.25, 0.3) is 0 Å². The molecule has 0 aliphatic heterocycles. The summed E-state index contributed by atoms with van der Waals surface area (Å²) in [7, 11) is -3.53. The Morgan fingerprint density at radius 1 is 1.29 bits per heavy atom. The minimum absolute atomic E-state index is 0.0375. The molecule has 2 rings (SSSR count). The van der Waals surface area contributed by atoms with E-state index in [1.165, 1.54) is 24.3 Å². The van der Waals surface area contributed by atoms with Gasteiger partial charge in [-0.25, -0.2) is 13.1 Å². The third-order valence-corrected chi connectivity index (χ3v) is 4.85. The monoisotopic (exact) mass is 255 g/mol. The molecule has 17 heavy (non-hydrogen) atoms. The van der Waals surface area contributed by atoms with Crippen molar-refractivity contribution in [1.29, 1.82) is 0 Å². The number of hydrogen-bond acceptors (Lipinski definition) is 3. The van der Waals surface area contributed by atoms with E-state index in [2.05, 4.69) is 4.72 Å². The summed E-state index contributed by atoms with van der Waals surface area (Å²) in [6, 6.07) is 5.73. The van der Waals surface area contributed by atoms with E-state index in [-0.39, 0.29) is 16.2 Å². The number of nitrogens with one attached hydrogen (secondary N) is 1. The van der Waals surface area contributed by atoms with Gasteiger partial charge in [0.1, 0.15) is 5.75 Å². The van der Waals surface area contributed by atoms with Crippen LogP contribution in [0.1, 0.15) is 32.6 Å². The summed E-state index contributed by atoms with van der Waals surface area (Å²) in [5.74, 6) is -0.0375. The highest BCUT2D eigenvalue weighted by molar-refractivity contribution is 7.89. The second-order valence-electron chi connectivity index (χ2n) is 4.87. The van der Waals surface area contributed by atoms with Gasteiger partial charge >= 0.3 is 0 Å². The molecule has 0 radical (unpaired) electrons. The largest absolute Gasteiger partial charge is 0.508 e. The number of benzene rings is 1. The molecule has 0 aromatic heterocycles. The SMILES string of the molecule is CC1(NS(=O)(=O)c2cccc(O)c2)CCCC1. The van der Waals surface area contributed by atoms with Crippen molar-refractivity contribution >= 4 is 10.0 Å². The van der Waals surface area contributed by atoms with Gasteiger partial charge < -0.3 is 5.11 Å². The molecular formula is C12H17NO3S. The van der Waals surface area contributed by atoms with Crippen molar-refractivity contribution in [1.82, 2.24) is 4.72 Å². The molecule has 94 valence electrons. The van der Waals surface area contributed by atoms with Crippen LogP contribution in [0, 0.1) is 0 Å². The molecule has 0 saturated heterocycles. The second kappa shape index (κ2) is 4.31. The number of sulfonamides is 1. The standard InChI is InChI=1S/C12H17NO3S/c1-12(7-2-3-8-12)13-17(15,16)11-6-4-5-10(14)9-11/h4-6,9,13-14H,2-3,7-8H2,1H3. The van der Waals surface area contributed by atoms with Crippen molar-refractivity contribution in [2.45, 2.75) is 43.0 Å². The van der Waals surface area contributed by atoms with Crippen molar-refractivity contribution < 1.29 is 13.5 Å². The zero-order chi connectivity index (χ0) is 12.5. The molecule has 1 aliphatic rings. The van der Waals surface area contributed by atoms with Gasteiger partial charge in [0.05, 0.1) is 4.90 Å². The quantitative estimate of drug-likeness (QED) is 0.868. The van der Waals surface area contributed by atoms with Crippen molar-refractivity contribution in [2.24, 2.45) is 0 Å². The lowest BCUT2D eigenvalue weighted by Gasteiger charge is -2.24. The molecule has 0 atom stereocenters. The highest BCUT2D eigenvalue weighted by atomic mass is 32.2. The maximum atomic E-state index is 12.1. The molecule has 0 heterocycles. The van der Waals surface area contributed by atoms with Crippen molar-refractivity contribution in [3.8, 4) is 5.75 Å². The van der Waals surface area contributed by atoms with Crippen LogP contribution in [-0.4, -0.2) is 19.1 Å². The minimum Gasteiger partial charge on any atom is -0.508 e. The smallest absolute Gasteiger partial charge is 0.241 e. The predicted molar refractivity (Wildman–Crippen MR) is 65.3 cm³/mol. The maximum Gasteiger partial charge on any atom is 0.241 e. The molecule has 1 aromatic carbocycles. The molecule has 1 aromatic rings. The van der Waals surface area contributed by atoms with Crippen LogP contribution < -0.4 is 4.72 Å². The van der Waals surface area contributed by atoms with E-state index in [0.29, 0.717) is 0 Å². The van der Waals surface area contributed by atoms with E-state index in [1.54, 1.807) is 0 Å². The maximum absolute atomic E-state index is 12.1. The zero-order valence-electron chi connectivity index (χ0n) is 9.81. The summed E-state index contributed by atoms with van der Waals surface area (Å²) in [4.78, 5) is 0.116. The Kier molecular flexibility index (Phi) is 3.14. The van der Waals surface area contributed by atoms with Crippen LogP contribution >= 0.6 is 0 Å². The van der Waals surface area contributed by atoms with Crippen LogP contribution in [-0.2, 0) is 10.0 Å². The number of rotatable bonds is 3. The molecular weight excluding hydrogens is 238 g/mol. The summed E-state index contributed by atoms with van der Waals surface area (Å²) in [6.07, 6.45) is 3.84. The van der Waals surface area contributed by atoms with Crippen LogP contribution in [0.15, 0.2) is 29.2 Å². The van der Waals surface area contributed by atoms with E-state index < -0.39 is 10.0 Å². The van der Waals surface area contributed by atoms with Crippen molar-refractivity contribution in [2.75, 3.05) is 0 Å². The zero-order valence-corrected chi connectivity index (χ0v) is 10.6. The third kappa shape index (κ3) is 2.79. The molecule has 1 fully saturated rings. The van der Waals surface area contributed by atoms with Crippen molar-refractivity contribution in [3.63, 3.8) is 0 Å². The molecule has 0 bridgehead atoms. The van der Waals surface area contributed by atoms with Gasteiger partial charge in [0.15, 0.2) is 0 Å². The minimum atomic E-state index is -3.53. The molecule has 2 N–H and O–H groups in total. The summed E-state index contributed by atoms with van der Waals surface area (Å²) in [6.45, 7) is 1.93. The third-order valence-electron chi connectivity index (χ3n) is 3.22. The van der Waals surface area contributed by atoms with Crippen LogP contribution in [0.3, 0.4) is 0 Å². The molecule has 5 heteroatoms. The summed E-state index contributed by atoms with van der Waals surface area (Å²) in [5.41, 5.74) is -0.343. The van der Waals surface area contributed by atoms with Crippen LogP contribution in [0.2, 0.25) is 0 Å². The lowest BCUT2D eigenvalue weighted by Crippen LogP contribution is -2.43. The molecule has 0 amide bonds. The van der Waals surface area contributed by atoms with Gasteiger partial charge in [0, 0.05) is 5.54 Å². The number of phenolic OH excluding ortho intramolecular Hbond substituents is 1. The van der Waals surface area contributed by atoms with E-state index in [1.807, 2.05) is 6.92 Å². The fourth-order valence-electron chi connectivity index (χ4n) is 2.29. The van der Waals surface area contributed by atoms with Gasteiger partial charge in [-0.1, -0.05) is 18.9 Å². The molecule has 0 spiro atoms. The Labute approximate surface area is 102 Å². The van der Waals surface area contributed by atoms with E-state index in [9.17, 15) is 13.5 Å². The topological polar surface area (TPSA) is 66.4 Å². The van der Waals surface area contributed by atoms with E-state index in [0.717, 1.165) is 25.7 Å². The van der Waals surface area contributed by atoms with Gasteiger partial charge in [-0.05, 0) is 38.0 Å². The fraction of sp³-hybridized carbons (Fsp3) is 0.500. The fourth-order valence-corrected chi connectivity index (χ4v) is 3.80. The number of phenols is 1. The lowest BCUT2D eigenvalue weighted by molar-refractivity contribution is 0.427. The molecule has 1 aliphatic carbocycles. The Morgan fingerprint density at radius 2 is 1.94 bits per heavy atom. The average Bonchev–Trinajstić information content (AvgIpc) is 2.64. The first-order valence-electron chi connectivity index (χ1n) is 5.74. The Balaban J connectivity index is 2.25. The number of aromatic hydroxyl groups is 1. The lowest BCUT2D eigenvalue weighted by atomic mass is 10.0. The van der Waals surface area contributed by atoms with Crippen LogP contribution in [0.5, 0.6) is 5.75 Å². The van der Waals surface area contributed by atoms with Gasteiger partial charge in [-0.3, -0.25) is 0 Å². The molecule has 1 saturated carbocycles. The summed E-state index contributed by atoms with van der Waals surface area (Å²) >= 11 is 0. The first-order chi connectivity index (χ1) is 7.91. The first-order valence-corrected chi connectivity index (χ1v) is 7.23. The van der Waals surface area contributed by atoms with Gasteiger partial charge in [-0.15, -0.1) is 0 Å². The van der Waals surface area contributed by atoms with E-state index in [4.69, 9.17) is 0 Å². The predicted octanol–water partition coefficient (Wildman–Crippen LogP) is 2.00. The highest BCUT2D eigenvalue weighted by Gasteiger charge is 2.33. The summed E-state index contributed by atoms with van der Waals surface area (Å²) < 4.78 is 27.0. The van der Waals surface area contributed by atoms with Gasteiger partial charge in [0.2, 0.25) is 10.0 Å². The molecule has 4 nitrogen and oxygen atoms in total. The van der Waals surface area contributed by atoms with Gasteiger partial charge in [-0.2, -0.15) is 0 Å². The Hall–Kier alpha value is -1.07. The van der Waals surface area contributed by atoms with Crippen molar-refractivity contribution in [3.05, 3.63) is 24.3 Å². The Bertz CT molecular complexity index is 504. The van der Waals surface area contributed by atoms with Gasteiger partial charge in [0.25, 0.3) is 0 Å². The normalized spacial score (nSPS) is 19.4. The first kappa shape index (κ1) is 12.4. The average molecular weight is 255 g/mol. The second-order valence-corrected chi connectivity index (χ2v) is 6.55. The van der Waals surface area contributed by atoms with E-state index >= 15 is 0 Å². The number of hydrogen-bond donors (Lipinski definition) is 2. The highest BCUT2D eigenvalue weighted by Crippen LogP contribution is 2.30. The molecule has 0 unspecified atom stereocenters. The van der Waals surface area contributed by atoms with Crippen LogP contribution in [0.4, 0.5) is 0 Å². The summed E-state index contributed by atoms with van der Waals surface area (Å²) in [5, 5.41) is 9.31. The Morgan fingerprint density at radius 3 is 2.53 bits per heavy atom.